The quantitative estimate of drug-likeness (QED) is 0.752. The Kier molecular flexibility index (Phi) is 5.28. The molecule has 2 aromatic rings. The molecule has 0 aliphatic rings. The third-order valence-corrected chi connectivity index (χ3v) is 4.92. The monoisotopic (exact) mass is 349 g/mol. The summed E-state index contributed by atoms with van der Waals surface area (Å²) in [6, 6.07) is 11.1. The molecule has 2 nitrogen and oxygen atoms in total. The number of halogens is 1. The largest absolute Gasteiger partial charge is 0.457 e. The molecular weight excluding hydrogens is 326 g/mol. The summed E-state index contributed by atoms with van der Waals surface area (Å²) >= 11 is 3.48. The molecule has 0 saturated carbocycles. The average molecular weight is 350 g/mol. The van der Waals surface area contributed by atoms with E-state index in [2.05, 4.69) is 73.2 Å². The fourth-order valence-corrected chi connectivity index (χ4v) is 2.92. The van der Waals surface area contributed by atoms with Gasteiger partial charge in [0.1, 0.15) is 0 Å². The Bertz CT molecular complexity index is 571. The lowest BCUT2D eigenvalue weighted by Gasteiger charge is -2.24. The van der Waals surface area contributed by atoms with Crippen molar-refractivity contribution >= 4 is 15.9 Å². The average Bonchev–Trinajstić information content (AvgIpc) is 2.91. The van der Waals surface area contributed by atoms with Crippen LogP contribution in [0.1, 0.15) is 56.8 Å². The summed E-state index contributed by atoms with van der Waals surface area (Å²) in [4.78, 5) is 0. The van der Waals surface area contributed by atoms with E-state index in [0.29, 0.717) is 0 Å². The lowest BCUT2D eigenvalue weighted by Crippen LogP contribution is -2.22. The Balaban J connectivity index is 2.32. The SMILES string of the molecule is CCNC(c1ccc(C(C)(C)CC)cc1)c1ccoc1Br. The minimum absolute atomic E-state index is 0.155. The van der Waals surface area contributed by atoms with E-state index < -0.39 is 0 Å². The van der Waals surface area contributed by atoms with Gasteiger partial charge in [0.25, 0.3) is 0 Å². The van der Waals surface area contributed by atoms with E-state index in [4.69, 9.17) is 4.42 Å². The molecule has 1 heterocycles. The van der Waals surface area contributed by atoms with Gasteiger partial charge in [0.05, 0.1) is 12.3 Å². The van der Waals surface area contributed by atoms with Gasteiger partial charge in [-0.3, -0.25) is 0 Å². The predicted octanol–water partition coefficient (Wildman–Crippen LogP) is 5.43. The predicted molar refractivity (Wildman–Crippen MR) is 91.7 cm³/mol. The topological polar surface area (TPSA) is 25.2 Å². The Labute approximate surface area is 136 Å². The number of hydrogen-bond acceptors (Lipinski definition) is 2. The highest BCUT2D eigenvalue weighted by Gasteiger charge is 2.21. The van der Waals surface area contributed by atoms with Crippen molar-refractivity contribution < 1.29 is 4.42 Å². The van der Waals surface area contributed by atoms with Gasteiger partial charge in [-0.2, -0.15) is 0 Å². The molecule has 0 aliphatic heterocycles. The smallest absolute Gasteiger partial charge is 0.174 e. The van der Waals surface area contributed by atoms with Crippen LogP contribution in [-0.4, -0.2) is 6.54 Å². The van der Waals surface area contributed by atoms with Gasteiger partial charge in [0.15, 0.2) is 4.67 Å². The summed E-state index contributed by atoms with van der Waals surface area (Å²) in [5.74, 6) is 0. The summed E-state index contributed by atoms with van der Waals surface area (Å²) in [7, 11) is 0. The molecule has 2 rings (SSSR count). The van der Waals surface area contributed by atoms with Crippen molar-refractivity contribution in [2.24, 2.45) is 0 Å². The Hall–Kier alpha value is -1.06. The van der Waals surface area contributed by atoms with E-state index in [1.54, 1.807) is 6.26 Å². The van der Waals surface area contributed by atoms with Crippen LogP contribution in [0.2, 0.25) is 0 Å². The van der Waals surface area contributed by atoms with Crippen LogP contribution in [-0.2, 0) is 5.41 Å². The molecule has 0 spiro atoms. The van der Waals surface area contributed by atoms with E-state index >= 15 is 0 Å². The maximum Gasteiger partial charge on any atom is 0.174 e. The zero-order chi connectivity index (χ0) is 15.5. The second-order valence-corrected chi connectivity index (χ2v) is 6.72. The van der Waals surface area contributed by atoms with Gasteiger partial charge in [-0.1, -0.05) is 52.0 Å². The number of rotatable bonds is 6. The minimum atomic E-state index is 0.155. The van der Waals surface area contributed by atoms with Gasteiger partial charge in [-0.25, -0.2) is 0 Å². The zero-order valence-corrected chi connectivity index (χ0v) is 14.8. The van der Waals surface area contributed by atoms with Crippen LogP contribution >= 0.6 is 15.9 Å². The lowest BCUT2D eigenvalue weighted by molar-refractivity contribution is 0.505. The number of furan rings is 1. The Morgan fingerprint density at radius 2 is 1.81 bits per heavy atom. The van der Waals surface area contributed by atoms with Crippen LogP contribution in [0.25, 0.3) is 0 Å². The molecule has 1 aromatic heterocycles. The first-order chi connectivity index (χ1) is 9.99. The van der Waals surface area contributed by atoms with Crippen LogP contribution in [0.15, 0.2) is 45.7 Å². The van der Waals surface area contributed by atoms with Gasteiger partial charge < -0.3 is 9.73 Å². The highest BCUT2D eigenvalue weighted by Crippen LogP contribution is 2.32. The van der Waals surface area contributed by atoms with E-state index in [-0.39, 0.29) is 11.5 Å². The second-order valence-electron chi connectivity index (χ2n) is 6.00. The van der Waals surface area contributed by atoms with Gasteiger partial charge in [0, 0.05) is 5.56 Å². The van der Waals surface area contributed by atoms with Crippen molar-refractivity contribution in [3.05, 3.63) is 58.0 Å². The molecule has 0 fully saturated rings. The van der Waals surface area contributed by atoms with E-state index in [0.717, 1.165) is 23.2 Å². The summed E-state index contributed by atoms with van der Waals surface area (Å²) in [5.41, 5.74) is 4.01. The second kappa shape index (κ2) is 6.80. The Morgan fingerprint density at radius 3 is 2.29 bits per heavy atom. The molecule has 1 unspecified atom stereocenters. The molecule has 0 saturated heterocycles. The number of hydrogen-bond donors (Lipinski definition) is 1. The fraction of sp³-hybridized carbons (Fsp3) is 0.444. The molecule has 114 valence electrons. The first kappa shape index (κ1) is 16.3. The van der Waals surface area contributed by atoms with Crippen molar-refractivity contribution in [1.29, 1.82) is 0 Å². The van der Waals surface area contributed by atoms with Crippen LogP contribution in [0.4, 0.5) is 0 Å². The van der Waals surface area contributed by atoms with Crippen LogP contribution in [0.3, 0.4) is 0 Å². The molecule has 0 aliphatic carbocycles. The van der Waals surface area contributed by atoms with E-state index in [1.807, 2.05) is 6.07 Å². The van der Waals surface area contributed by atoms with Gasteiger partial charge in [-0.05, 0) is 51.5 Å². The summed E-state index contributed by atoms with van der Waals surface area (Å²) < 4.78 is 6.18. The van der Waals surface area contributed by atoms with Gasteiger partial charge in [-0.15, -0.1) is 0 Å². The summed E-state index contributed by atoms with van der Waals surface area (Å²) in [6.07, 6.45) is 2.86. The van der Waals surface area contributed by atoms with Crippen molar-refractivity contribution in [3.63, 3.8) is 0 Å². The maximum atomic E-state index is 5.39. The number of benzene rings is 1. The van der Waals surface area contributed by atoms with Crippen molar-refractivity contribution in [2.45, 2.75) is 45.6 Å². The fourth-order valence-electron chi connectivity index (χ4n) is 2.45. The lowest BCUT2D eigenvalue weighted by atomic mass is 9.81. The first-order valence-electron chi connectivity index (χ1n) is 7.56. The normalized spacial score (nSPS) is 13.4. The number of nitrogens with one attached hydrogen (secondary N) is 1. The van der Waals surface area contributed by atoms with E-state index in [9.17, 15) is 0 Å². The molecule has 21 heavy (non-hydrogen) atoms. The molecule has 1 aromatic carbocycles. The summed E-state index contributed by atoms with van der Waals surface area (Å²) in [6.45, 7) is 9.84. The van der Waals surface area contributed by atoms with Crippen LogP contribution in [0, 0.1) is 0 Å². The minimum Gasteiger partial charge on any atom is -0.457 e. The van der Waals surface area contributed by atoms with Crippen molar-refractivity contribution in [1.82, 2.24) is 5.32 Å². The van der Waals surface area contributed by atoms with Crippen molar-refractivity contribution in [2.75, 3.05) is 6.54 Å². The molecular formula is C18H24BrNO. The molecule has 3 heteroatoms. The van der Waals surface area contributed by atoms with Gasteiger partial charge >= 0.3 is 0 Å². The zero-order valence-electron chi connectivity index (χ0n) is 13.2. The third kappa shape index (κ3) is 3.58. The molecule has 0 radical (unpaired) electrons. The molecule has 0 amide bonds. The third-order valence-electron chi connectivity index (χ3n) is 4.27. The van der Waals surface area contributed by atoms with Crippen molar-refractivity contribution in [3.8, 4) is 0 Å². The molecule has 1 atom stereocenters. The molecule has 1 N–H and O–H groups in total. The van der Waals surface area contributed by atoms with Crippen LogP contribution < -0.4 is 5.32 Å². The first-order valence-corrected chi connectivity index (χ1v) is 8.35. The Morgan fingerprint density at radius 1 is 1.14 bits per heavy atom. The van der Waals surface area contributed by atoms with E-state index in [1.165, 1.54) is 11.1 Å². The highest BCUT2D eigenvalue weighted by atomic mass is 79.9. The maximum absolute atomic E-state index is 5.39. The highest BCUT2D eigenvalue weighted by molar-refractivity contribution is 9.10. The molecule has 0 bridgehead atoms. The van der Waals surface area contributed by atoms with Crippen LogP contribution in [0.5, 0.6) is 0 Å². The standard InChI is InChI=1S/C18H24BrNO/c1-5-18(3,4)14-9-7-13(8-10-14)16(20-6-2)15-11-12-21-17(15)19/h7-12,16,20H,5-6H2,1-4H3. The summed E-state index contributed by atoms with van der Waals surface area (Å²) in [5, 5.41) is 3.52. The van der Waals surface area contributed by atoms with Gasteiger partial charge in [0.2, 0.25) is 0 Å².